The van der Waals surface area contributed by atoms with Crippen molar-refractivity contribution in [2.75, 3.05) is 20.2 Å². The van der Waals surface area contributed by atoms with Crippen molar-refractivity contribution < 1.29 is 19.2 Å². The van der Waals surface area contributed by atoms with Crippen molar-refractivity contribution in [1.29, 1.82) is 0 Å². The Morgan fingerprint density at radius 1 is 1.14 bits per heavy atom. The number of carbonyl (C=O) groups excluding carboxylic acids is 2. The zero-order chi connectivity index (χ0) is 20.1. The van der Waals surface area contributed by atoms with Gasteiger partial charge in [0.2, 0.25) is 5.91 Å². The lowest BCUT2D eigenvalue weighted by molar-refractivity contribution is -0.385. The number of hydrogen-bond donors (Lipinski definition) is 1. The van der Waals surface area contributed by atoms with Crippen LogP contribution in [0.1, 0.15) is 55.3 Å². The van der Waals surface area contributed by atoms with Gasteiger partial charge in [0.25, 0.3) is 11.6 Å². The van der Waals surface area contributed by atoms with E-state index in [-0.39, 0.29) is 35.0 Å². The molecule has 8 nitrogen and oxygen atoms in total. The van der Waals surface area contributed by atoms with E-state index in [0.29, 0.717) is 31.7 Å². The van der Waals surface area contributed by atoms with E-state index in [0.717, 1.165) is 25.7 Å². The first-order valence-electron chi connectivity index (χ1n) is 9.91. The monoisotopic (exact) mass is 389 g/mol. The highest BCUT2D eigenvalue weighted by Crippen LogP contribution is 2.27. The van der Waals surface area contributed by atoms with Crippen LogP contribution in [0.2, 0.25) is 0 Å². The number of rotatable bonds is 5. The van der Waals surface area contributed by atoms with Crippen LogP contribution in [-0.4, -0.2) is 47.9 Å². The number of ether oxygens (including phenoxy) is 1. The number of likely N-dealkylation sites (tertiary alicyclic amines) is 1. The van der Waals surface area contributed by atoms with Crippen molar-refractivity contribution in [1.82, 2.24) is 10.2 Å². The molecule has 3 rings (SSSR count). The fraction of sp³-hybridized carbons (Fsp3) is 0.600. The molecule has 1 saturated heterocycles. The van der Waals surface area contributed by atoms with Crippen molar-refractivity contribution in [2.24, 2.45) is 5.92 Å². The van der Waals surface area contributed by atoms with Gasteiger partial charge < -0.3 is 15.0 Å². The third-order valence-electron chi connectivity index (χ3n) is 5.74. The Kier molecular flexibility index (Phi) is 6.49. The number of amides is 2. The van der Waals surface area contributed by atoms with E-state index in [1.807, 2.05) is 0 Å². The summed E-state index contributed by atoms with van der Waals surface area (Å²) in [4.78, 5) is 37.6. The van der Waals surface area contributed by atoms with Gasteiger partial charge in [0.05, 0.1) is 12.0 Å². The van der Waals surface area contributed by atoms with Crippen LogP contribution >= 0.6 is 0 Å². The second-order valence-electron chi connectivity index (χ2n) is 7.55. The number of nitrogens with one attached hydrogen (secondary N) is 1. The average Bonchev–Trinajstić information content (AvgIpc) is 2.73. The first-order valence-corrected chi connectivity index (χ1v) is 9.91. The zero-order valence-corrected chi connectivity index (χ0v) is 16.2. The first-order chi connectivity index (χ1) is 13.5. The molecule has 1 aliphatic carbocycles. The Morgan fingerprint density at radius 2 is 1.82 bits per heavy atom. The summed E-state index contributed by atoms with van der Waals surface area (Å²) in [6.07, 6.45) is 6.67. The Labute approximate surface area is 164 Å². The van der Waals surface area contributed by atoms with Crippen LogP contribution in [0.5, 0.6) is 5.75 Å². The van der Waals surface area contributed by atoms with E-state index in [9.17, 15) is 19.7 Å². The van der Waals surface area contributed by atoms with Gasteiger partial charge in [0.15, 0.2) is 0 Å². The summed E-state index contributed by atoms with van der Waals surface area (Å²) < 4.78 is 5.10. The van der Waals surface area contributed by atoms with Gasteiger partial charge in [-0.25, -0.2) is 0 Å². The van der Waals surface area contributed by atoms with Gasteiger partial charge in [-0.2, -0.15) is 0 Å². The predicted octanol–water partition coefficient (Wildman–Crippen LogP) is 2.90. The molecule has 8 heteroatoms. The van der Waals surface area contributed by atoms with E-state index in [1.165, 1.54) is 31.7 Å². The van der Waals surface area contributed by atoms with Crippen molar-refractivity contribution in [3.63, 3.8) is 0 Å². The molecule has 1 aromatic rings. The van der Waals surface area contributed by atoms with Crippen LogP contribution in [0.4, 0.5) is 5.69 Å². The van der Waals surface area contributed by atoms with Crippen LogP contribution in [0.3, 0.4) is 0 Å². The molecule has 0 aromatic heterocycles. The zero-order valence-electron chi connectivity index (χ0n) is 16.2. The van der Waals surface area contributed by atoms with Crippen molar-refractivity contribution in [3.8, 4) is 5.75 Å². The second kappa shape index (κ2) is 9.03. The number of nitro benzene ring substituents is 1. The molecule has 2 aliphatic rings. The maximum absolute atomic E-state index is 12.8. The largest absolute Gasteiger partial charge is 0.497 e. The SMILES string of the molecule is COc1ccc([N+](=O)[O-])c(C(=O)N2CCC(NC(=O)C3CCCCC3)CC2)c1. The molecule has 1 aromatic carbocycles. The molecule has 2 fully saturated rings. The Morgan fingerprint density at radius 3 is 2.43 bits per heavy atom. The third kappa shape index (κ3) is 4.61. The summed E-state index contributed by atoms with van der Waals surface area (Å²) in [5, 5.41) is 14.4. The Hall–Kier alpha value is -2.64. The van der Waals surface area contributed by atoms with Gasteiger partial charge in [0, 0.05) is 31.1 Å². The smallest absolute Gasteiger partial charge is 0.282 e. The van der Waals surface area contributed by atoms with Gasteiger partial charge in [0.1, 0.15) is 11.3 Å². The summed E-state index contributed by atoms with van der Waals surface area (Å²) >= 11 is 0. The van der Waals surface area contributed by atoms with Crippen molar-refractivity contribution in [3.05, 3.63) is 33.9 Å². The minimum Gasteiger partial charge on any atom is -0.497 e. The van der Waals surface area contributed by atoms with Crippen LogP contribution < -0.4 is 10.1 Å². The lowest BCUT2D eigenvalue weighted by atomic mass is 9.88. The molecule has 0 bridgehead atoms. The average molecular weight is 389 g/mol. The maximum Gasteiger partial charge on any atom is 0.282 e. The number of methoxy groups -OCH3 is 1. The summed E-state index contributed by atoms with van der Waals surface area (Å²) in [5.74, 6) is 0.284. The molecule has 0 atom stereocenters. The quantitative estimate of drug-likeness (QED) is 0.616. The fourth-order valence-electron chi connectivity index (χ4n) is 4.05. The normalized spacial score (nSPS) is 18.5. The van der Waals surface area contributed by atoms with E-state index < -0.39 is 4.92 Å². The molecule has 28 heavy (non-hydrogen) atoms. The molecular formula is C20H27N3O5. The van der Waals surface area contributed by atoms with Crippen LogP contribution in [0, 0.1) is 16.0 Å². The van der Waals surface area contributed by atoms with Crippen LogP contribution in [0.15, 0.2) is 18.2 Å². The number of nitrogens with zero attached hydrogens (tertiary/aromatic N) is 2. The molecular weight excluding hydrogens is 362 g/mol. The van der Waals surface area contributed by atoms with Crippen LogP contribution in [-0.2, 0) is 4.79 Å². The summed E-state index contributed by atoms with van der Waals surface area (Å²) in [6, 6.07) is 4.24. The Balaban J connectivity index is 1.59. The molecule has 1 saturated carbocycles. The molecule has 2 amide bonds. The second-order valence-corrected chi connectivity index (χ2v) is 7.55. The number of nitro groups is 1. The Bertz CT molecular complexity index is 737. The van der Waals surface area contributed by atoms with Gasteiger partial charge >= 0.3 is 0 Å². The van der Waals surface area contributed by atoms with Crippen molar-refractivity contribution >= 4 is 17.5 Å². The highest BCUT2D eigenvalue weighted by Gasteiger charge is 2.30. The summed E-state index contributed by atoms with van der Waals surface area (Å²) in [7, 11) is 1.45. The molecule has 1 aliphatic heterocycles. The predicted molar refractivity (Wildman–Crippen MR) is 103 cm³/mol. The van der Waals surface area contributed by atoms with Gasteiger partial charge in [-0.15, -0.1) is 0 Å². The van der Waals surface area contributed by atoms with E-state index >= 15 is 0 Å². The molecule has 0 unspecified atom stereocenters. The molecule has 0 spiro atoms. The number of hydrogen-bond acceptors (Lipinski definition) is 5. The summed E-state index contributed by atoms with van der Waals surface area (Å²) in [6.45, 7) is 0.922. The molecule has 1 N–H and O–H groups in total. The van der Waals surface area contributed by atoms with Gasteiger partial charge in [-0.05, 0) is 37.8 Å². The van der Waals surface area contributed by atoms with E-state index in [1.54, 1.807) is 4.90 Å². The highest BCUT2D eigenvalue weighted by atomic mass is 16.6. The minimum absolute atomic E-state index is 0.0361. The number of benzene rings is 1. The van der Waals surface area contributed by atoms with E-state index in [2.05, 4.69) is 5.32 Å². The fourth-order valence-corrected chi connectivity index (χ4v) is 4.05. The molecule has 1 heterocycles. The lowest BCUT2D eigenvalue weighted by Gasteiger charge is -2.33. The van der Waals surface area contributed by atoms with Gasteiger partial charge in [-0.1, -0.05) is 19.3 Å². The maximum atomic E-state index is 12.8. The minimum atomic E-state index is -0.552. The highest BCUT2D eigenvalue weighted by molar-refractivity contribution is 5.98. The molecule has 152 valence electrons. The van der Waals surface area contributed by atoms with Crippen molar-refractivity contribution in [2.45, 2.75) is 51.0 Å². The first kappa shape index (κ1) is 20.1. The molecule has 0 radical (unpaired) electrons. The van der Waals surface area contributed by atoms with Gasteiger partial charge in [-0.3, -0.25) is 19.7 Å². The third-order valence-corrected chi connectivity index (χ3v) is 5.74. The lowest BCUT2D eigenvalue weighted by Crippen LogP contribution is -2.48. The number of piperidine rings is 1. The summed E-state index contributed by atoms with van der Waals surface area (Å²) in [5.41, 5.74) is -0.187. The standard InChI is InChI=1S/C20H27N3O5/c1-28-16-7-8-18(23(26)27)17(13-16)20(25)22-11-9-15(10-12-22)21-19(24)14-5-3-2-4-6-14/h7-8,13-15H,2-6,9-12H2,1H3,(H,21,24). The van der Waals surface area contributed by atoms with E-state index in [4.69, 9.17) is 4.74 Å². The van der Waals surface area contributed by atoms with Crippen LogP contribution in [0.25, 0.3) is 0 Å². The number of carbonyl (C=O) groups is 2. The topological polar surface area (TPSA) is 102 Å².